The molecule has 0 heterocycles. The molecule has 0 aliphatic heterocycles. The number of nitrogens with two attached hydrogens (primary N) is 2. The Kier molecular flexibility index (Phi) is 16.4. The summed E-state index contributed by atoms with van der Waals surface area (Å²) in [6, 6.07) is -4.41. The molecule has 33 heavy (non-hydrogen) atoms. The first kappa shape index (κ1) is 31.0. The van der Waals surface area contributed by atoms with E-state index in [1.165, 1.54) is 11.8 Å². The molecule has 14 heteroatoms. The number of aliphatic carboxylic acids is 2. The summed E-state index contributed by atoms with van der Waals surface area (Å²) in [5.41, 5.74) is 11.4. The fourth-order valence-corrected chi connectivity index (χ4v) is 3.43. The smallest absolute Gasteiger partial charge is 0.326 e. The van der Waals surface area contributed by atoms with Gasteiger partial charge in [0.25, 0.3) is 0 Å². The zero-order valence-corrected chi connectivity index (χ0v) is 20.3. The van der Waals surface area contributed by atoms with Crippen LogP contribution in [-0.4, -0.2) is 88.3 Å². The van der Waals surface area contributed by atoms with E-state index >= 15 is 0 Å². The zero-order valence-electron chi connectivity index (χ0n) is 18.6. The van der Waals surface area contributed by atoms with Crippen LogP contribution in [0.15, 0.2) is 0 Å². The fourth-order valence-electron chi connectivity index (χ4n) is 2.68. The summed E-state index contributed by atoms with van der Waals surface area (Å²) < 4.78 is 0. The average molecular weight is 510 g/mol. The molecule has 9 N–H and O–H groups in total. The van der Waals surface area contributed by atoms with Gasteiger partial charge in [0, 0.05) is 12.2 Å². The number of nitrogens with one attached hydrogen (secondary N) is 3. The highest BCUT2D eigenvalue weighted by Crippen LogP contribution is 2.05. The molecule has 0 aliphatic carbocycles. The van der Waals surface area contributed by atoms with Crippen molar-refractivity contribution in [1.82, 2.24) is 16.0 Å². The van der Waals surface area contributed by atoms with Gasteiger partial charge in [0.1, 0.15) is 18.1 Å². The highest BCUT2D eigenvalue weighted by molar-refractivity contribution is 7.98. The van der Waals surface area contributed by atoms with E-state index in [0.29, 0.717) is 31.6 Å². The van der Waals surface area contributed by atoms with Crippen LogP contribution in [-0.2, 0) is 24.0 Å². The van der Waals surface area contributed by atoms with Crippen molar-refractivity contribution in [3.8, 4) is 0 Å². The summed E-state index contributed by atoms with van der Waals surface area (Å²) >= 11 is 5.58. The van der Waals surface area contributed by atoms with Gasteiger partial charge in [0.15, 0.2) is 0 Å². The Hall–Kier alpha value is -2.03. The molecular formula is C19H35N5O7S2. The van der Waals surface area contributed by atoms with Crippen LogP contribution in [0.5, 0.6) is 0 Å². The second-order valence-electron chi connectivity index (χ2n) is 7.31. The summed E-state index contributed by atoms with van der Waals surface area (Å²) in [5, 5.41) is 25.2. The zero-order chi connectivity index (χ0) is 25.4. The molecule has 0 bridgehead atoms. The van der Waals surface area contributed by atoms with Crippen LogP contribution in [0.3, 0.4) is 0 Å². The predicted octanol–water partition coefficient (Wildman–Crippen LogP) is -1.47. The third kappa shape index (κ3) is 13.3. The monoisotopic (exact) mass is 509 g/mol. The molecule has 0 fully saturated rings. The quantitative estimate of drug-likeness (QED) is 0.0793. The van der Waals surface area contributed by atoms with Crippen LogP contribution in [0.1, 0.15) is 38.5 Å². The Balaban J connectivity index is 5.20. The molecule has 0 aromatic rings. The molecule has 0 saturated carbocycles. The van der Waals surface area contributed by atoms with Crippen LogP contribution < -0.4 is 27.4 Å². The van der Waals surface area contributed by atoms with Gasteiger partial charge < -0.3 is 37.6 Å². The lowest BCUT2D eigenvalue weighted by molar-refractivity contribution is -0.143. The highest BCUT2D eigenvalue weighted by Gasteiger charge is 2.29. The predicted molar refractivity (Wildman–Crippen MR) is 128 cm³/mol. The maximum absolute atomic E-state index is 12.8. The number of rotatable bonds is 18. The van der Waals surface area contributed by atoms with Gasteiger partial charge in [0.05, 0.1) is 6.04 Å². The summed E-state index contributed by atoms with van der Waals surface area (Å²) in [5.74, 6) is -4.07. The van der Waals surface area contributed by atoms with E-state index in [4.69, 9.17) is 16.6 Å². The number of unbranched alkanes of at least 4 members (excludes halogenated alkanes) is 1. The van der Waals surface area contributed by atoms with Gasteiger partial charge in [-0.1, -0.05) is 0 Å². The second-order valence-corrected chi connectivity index (χ2v) is 8.66. The Morgan fingerprint density at radius 2 is 1.45 bits per heavy atom. The standard InChI is InChI=1S/C19H35N5O7S2/c1-33-9-7-11(21)16(27)22-12(4-2-3-8-20)17(28)24-14(10-32)18(29)23-13(19(30)31)5-6-15(25)26/h11-14,32H,2-10,20-21H2,1H3,(H,22,27)(H,23,29)(H,24,28)(H,25,26)(H,30,31). The topological polar surface area (TPSA) is 214 Å². The Bertz CT molecular complexity index is 668. The molecule has 0 aliphatic rings. The third-order valence-corrected chi connectivity index (χ3v) is 5.64. The molecule has 0 radical (unpaired) electrons. The lowest BCUT2D eigenvalue weighted by Gasteiger charge is -2.24. The van der Waals surface area contributed by atoms with Gasteiger partial charge in [-0.25, -0.2) is 4.79 Å². The number of thiol groups is 1. The van der Waals surface area contributed by atoms with E-state index in [0.717, 1.165) is 0 Å². The van der Waals surface area contributed by atoms with E-state index in [1.807, 2.05) is 6.26 Å². The van der Waals surface area contributed by atoms with Crippen molar-refractivity contribution >= 4 is 54.1 Å². The van der Waals surface area contributed by atoms with Crippen molar-refractivity contribution in [2.24, 2.45) is 11.5 Å². The van der Waals surface area contributed by atoms with E-state index in [2.05, 4.69) is 28.6 Å². The lowest BCUT2D eigenvalue weighted by atomic mass is 10.1. The molecule has 0 spiro atoms. The molecule has 0 rings (SSSR count). The number of carbonyl (C=O) groups is 5. The summed E-state index contributed by atoms with van der Waals surface area (Å²) in [6.07, 6.45) is 2.96. The summed E-state index contributed by atoms with van der Waals surface area (Å²) in [7, 11) is 0. The molecule has 3 amide bonds. The SMILES string of the molecule is CSCCC(N)C(=O)NC(CCCCN)C(=O)NC(CS)C(=O)NC(CCC(=O)O)C(=O)O. The Labute approximate surface area is 202 Å². The van der Waals surface area contributed by atoms with Crippen LogP contribution in [0.25, 0.3) is 0 Å². The maximum Gasteiger partial charge on any atom is 0.326 e. The normalized spacial score (nSPS) is 14.4. The minimum Gasteiger partial charge on any atom is -0.481 e. The van der Waals surface area contributed by atoms with Crippen molar-refractivity contribution in [2.75, 3.05) is 24.3 Å². The molecule has 0 aromatic heterocycles. The van der Waals surface area contributed by atoms with Gasteiger partial charge in [-0.05, 0) is 50.7 Å². The van der Waals surface area contributed by atoms with Crippen molar-refractivity contribution in [1.29, 1.82) is 0 Å². The number of carboxylic acids is 2. The minimum atomic E-state index is -1.44. The lowest BCUT2D eigenvalue weighted by Crippen LogP contribution is -2.57. The largest absolute Gasteiger partial charge is 0.481 e. The van der Waals surface area contributed by atoms with Crippen LogP contribution in [0.2, 0.25) is 0 Å². The van der Waals surface area contributed by atoms with Gasteiger partial charge in [-0.3, -0.25) is 19.2 Å². The van der Waals surface area contributed by atoms with Crippen LogP contribution >= 0.6 is 24.4 Å². The van der Waals surface area contributed by atoms with Gasteiger partial charge in [0.2, 0.25) is 17.7 Å². The average Bonchev–Trinajstić information content (AvgIpc) is 2.76. The van der Waals surface area contributed by atoms with Crippen LogP contribution in [0, 0.1) is 0 Å². The molecule has 190 valence electrons. The molecule has 4 unspecified atom stereocenters. The molecule has 12 nitrogen and oxygen atoms in total. The minimum absolute atomic E-state index is 0.153. The molecule has 4 atom stereocenters. The number of carbonyl (C=O) groups excluding carboxylic acids is 3. The number of carboxylic acid groups (broad SMARTS) is 2. The van der Waals surface area contributed by atoms with E-state index in [1.54, 1.807) is 0 Å². The molecule has 0 aromatic carbocycles. The first-order valence-electron chi connectivity index (χ1n) is 10.5. The van der Waals surface area contributed by atoms with Crippen molar-refractivity contribution in [3.63, 3.8) is 0 Å². The van der Waals surface area contributed by atoms with Gasteiger partial charge in [-0.15, -0.1) is 0 Å². The molecular weight excluding hydrogens is 474 g/mol. The van der Waals surface area contributed by atoms with E-state index in [-0.39, 0.29) is 18.6 Å². The number of hydrogen-bond donors (Lipinski definition) is 8. The van der Waals surface area contributed by atoms with E-state index < -0.39 is 60.2 Å². The Morgan fingerprint density at radius 3 is 1.97 bits per heavy atom. The van der Waals surface area contributed by atoms with Crippen molar-refractivity contribution < 1.29 is 34.2 Å². The van der Waals surface area contributed by atoms with Crippen molar-refractivity contribution in [2.45, 2.75) is 62.7 Å². The van der Waals surface area contributed by atoms with Gasteiger partial charge >= 0.3 is 11.9 Å². The Morgan fingerprint density at radius 1 is 0.879 bits per heavy atom. The summed E-state index contributed by atoms with van der Waals surface area (Å²) in [6.45, 7) is 0.407. The number of hydrogen-bond acceptors (Lipinski definition) is 9. The summed E-state index contributed by atoms with van der Waals surface area (Å²) in [4.78, 5) is 59.7. The maximum atomic E-state index is 12.8. The van der Waals surface area contributed by atoms with Gasteiger partial charge in [-0.2, -0.15) is 24.4 Å². The third-order valence-electron chi connectivity index (χ3n) is 4.63. The molecule has 0 saturated heterocycles. The first-order valence-corrected chi connectivity index (χ1v) is 12.5. The first-order chi connectivity index (χ1) is 15.6. The highest BCUT2D eigenvalue weighted by atomic mass is 32.2. The van der Waals surface area contributed by atoms with Crippen LogP contribution in [0.4, 0.5) is 0 Å². The van der Waals surface area contributed by atoms with E-state index in [9.17, 15) is 29.1 Å². The fraction of sp³-hybridized carbons (Fsp3) is 0.737. The van der Waals surface area contributed by atoms with Crippen molar-refractivity contribution in [3.05, 3.63) is 0 Å². The second kappa shape index (κ2) is 17.4. The number of thioether (sulfide) groups is 1. The number of amides is 3.